The van der Waals surface area contributed by atoms with E-state index in [2.05, 4.69) is 19.4 Å². The number of furan rings is 1. The summed E-state index contributed by atoms with van der Waals surface area (Å²) < 4.78 is 36.1. The second-order valence-electron chi connectivity index (χ2n) is 6.10. The van der Waals surface area contributed by atoms with E-state index in [1.165, 1.54) is 0 Å². The molecule has 0 radical (unpaired) electrons. The number of thioether (sulfide) groups is 1. The van der Waals surface area contributed by atoms with Crippen LogP contribution in [0.2, 0.25) is 0 Å². The Morgan fingerprint density at radius 2 is 1.85 bits per heavy atom. The van der Waals surface area contributed by atoms with Gasteiger partial charge in [0.2, 0.25) is 0 Å². The average molecular weight is 413 g/mol. The van der Waals surface area contributed by atoms with Gasteiger partial charge in [0, 0.05) is 25.3 Å². The molecule has 0 spiro atoms. The van der Waals surface area contributed by atoms with Crippen molar-refractivity contribution < 1.29 is 12.8 Å². The van der Waals surface area contributed by atoms with Crippen LogP contribution in [0.5, 0.6) is 0 Å². The lowest BCUT2D eigenvalue weighted by molar-refractivity contribution is 0.344. The Morgan fingerprint density at radius 3 is 2.52 bits per heavy atom. The van der Waals surface area contributed by atoms with Crippen molar-refractivity contribution in [1.82, 2.24) is 15.5 Å². The van der Waals surface area contributed by atoms with Crippen LogP contribution in [0.3, 0.4) is 0 Å². The third kappa shape index (κ3) is 7.62. The zero-order chi connectivity index (χ0) is 19.7. The summed E-state index contributed by atoms with van der Waals surface area (Å²) in [5.41, 5.74) is 0. The van der Waals surface area contributed by atoms with Gasteiger partial charge >= 0.3 is 10.2 Å². The largest absolute Gasteiger partial charge is 0.464 e. The van der Waals surface area contributed by atoms with E-state index in [0.29, 0.717) is 25.9 Å². The third-order valence-corrected chi connectivity index (χ3v) is 5.18. The molecule has 0 saturated carbocycles. The maximum absolute atomic E-state index is 11.6. The van der Waals surface area contributed by atoms with Crippen LogP contribution in [0, 0.1) is 11.3 Å². The first-order chi connectivity index (χ1) is 12.9. The van der Waals surface area contributed by atoms with Crippen molar-refractivity contribution in [3.05, 3.63) is 23.7 Å². The molecule has 148 valence electrons. The Bertz CT molecular complexity index is 823. The molecule has 1 aliphatic rings. The fourth-order valence-electron chi connectivity index (χ4n) is 2.25. The lowest BCUT2D eigenvalue weighted by Gasteiger charge is -2.09. The Kier molecular flexibility index (Phi) is 8.15. The summed E-state index contributed by atoms with van der Waals surface area (Å²) in [6, 6.07) is 5.99. The van der Waals surface area contributed by atoms with Crippen molar-refractivity contribution in [1.29, 1.82) is 5.26 Å². The molecular formula is C16H24N6O3S2. The molecule has 0 aliphatic carbocycles. The summed E-state index contributed by atoms with van der Waals surface area (Å²) in [6.45, 7) is 1.78. The lowest BCUT2D eigenvalue weighted by atomic mass is 10.3. The van der Waals surface area contributed by atoms with Crippen LogP contribution < -0.4 is 10.6 Å². The van der Waals surface area contributed by atoms with Gasteiger partial charge in [-0.3, -0.25) is 0 Å². The van der Waals surface area contributed by atoms with Crippen LogP contribution in [-0.4, -0.2) is 57.9 Å². The van der Waals surface area contributed by atoms with E-state index < -0.39 is 10.2 Å². The molecule has 1 aliphatic heterocycles. The van der Waals surface area contributed by atoms with Gasteiger partial charge in [-0.05, 0) is 32.6 Å². The average Bonchev–Trinajstić information content (AvgIpc) is 3.14. The number of unbranched alkanes of at least 4 members (excludes halogenated alkanes) is 1. The molecule has 27 heavy (non-hydrogen) atoms. The van der Waals surface area contributed by atoms with Gasteiger partial charge in [0.05, 0.1) is 18.4 Å². The number of rotatable bonds is 10. The maximum atomic E-state index is 11.6. The SMILES string of the molecule is CN(C)Cc1ccc(CSCCNC2=NS(=O)(=O)N=C2NCCCC#N)o1. The number of nitriles is 1. The molecular weight excluding hydrogens is 388 g/mol. The predicted molar refractivity (Wildman–Crippen MR) is 107 cm³/mol. The van der Waals surface area contributed by atoms with Gasteiger partial charge in [0.15, 0.2) is 11.7 Å². The first kappa shape index (κ1) is 21.3. The number of hydrogen-bond acceptors (Lipinski definition) is 8. The fraction of sp³-hybridized carbons (Fsp3) is 0.562. The predicted octanol–water partition coefficient (Wildman–Crippen LogP) is 1.11. The van der Waals surface area contributed by atoms with Gasteiger partial charge < -0.3 is 20.0 Å². The molecule has 0 fully saturated rings. The summed E-state index contributed by atoms with van der Waals surface area (Å²) >= 11 is 1.68. The molecule has 9 nitrogen and oxygen atoms in total. The summed E-state index contributed by atoms with van der Waals surface area (Å²) in [4.78, 5) is 2.05. The van der Waals surface area contributed by atoms with Crippen molar-refractivity contribution in [3.8, 4) is 6.07 Å². The van der Waals surface area contributed by atoms with Crippen molar-refractivity contribution in [2.24, 2.45) is 8.80 Å². The van der Waals surface area contributed by atoms with E-state index in [1.54, 1.807) is 11.8 Å². The Labute approximate surface area is 164 Å². The molecule has 2 heterocycles. The first-order valence-corrected chi connectivity index (χ1v) is 11.0. The van der Waals surface area contributed by atoms with Crippen LogP contribution in [0.25, 0.3) is 0 Å². The lowest BCUT2D eigenvalue weighted by Crippen LogP contribution is -2.39. The number of amidine groups is 2. The van der Waals surface area contributed by atoms with Crippen LogP contribution in [0.4, 0.5) is 0 Å². The highest BCUT2D eigenvalue weighted by Gasteiger charge is 2.23. The van der Waals surface area contributed by atoms with E-state index in [-0.39, 0.29) is 11.7 Å². The molecule has 11 heteroatoms. The molecule has 0 amide bonds. The number of nitrogens with one attached hydrogen (secondary N) is 2. The van der Waals surface area contributed by atoms with Gasteiger partial charge in [0.25, 0.3) is 0 Å². The van der Waals surface area contributed by atoms with Crippen molar-refractivity contribution >= 4 is 33.6 Å². The standard InChI is InChI=1S/C16H24N6O3S2/c1-22(2)11-13-5-6-14(25-13)12-26-10-9-19-16-15(18-8-4-3-7-17)20-27(23,24)21-16/h5-6H,3-4,8-12H2,1-2H3,(H,18,20)(H,19,21). The zero-order valence-electron chi connectivity index (χ0n) is 15.4. The van der Waals surface area contributed by atoms with Crippen molar-refractivity contribution in [2.75, 3.05) is 32.9 Å². The van der Waals surface area contributed by atoms with E-state index in [0.717, 1.165) is 29.6 Å². The minimum atomic E-state index is -3.82. The fourth-order valence-corrected chi connectivity index (χ4v) is 3.81. The smallest absolute Gasteiger partial charge is 0.367 e. The highest BCUT2D eigenvalue weighted by Crippen LogP contribution is 2.16. The quantitative estimate of drug-likeness (QED) is 0.548. The van der Waals surface area contributed by atoms with Gasteiger partial charge in [-0.25, -0.2) is 0 Å². The highest BCUT2D eigenvalue weighted by molar-refractivity contribution is 7.98. The number of hydrogen-bond donors (Lipinski definition) is 2. The third-order valence-electron chi connectivity index (χ3n) is 3.37. The minimum Gasteiger partial charge on any atom is -0.464 e. The van der Waals surface area contributed by atoms with E-state index >= 15 is 0 Å². The van der Waals surface area contributed by atoms with Crippen LogP contribution >= 0.6 is 11.8 Å². The number of nitrogens with zero attached hydrogens (tertiary/aromatic N) is 4. The Hall–Kier alpha value is -2.03. The monoisotopic (exact) mass is 412 g/mol. The normalized spacial score (nSPS) is 15.3. The summed E-state index contributed by atoms with van der Waals surface area (Å²) in [6.07, 6.45) is 1.00. The molecule has 1 aromatic rings. The summed E-state index contributed by atoms with van der Waals surface area (Å²) in [5, 5.41) is 14.4. The molecule has 0 aromatic carbocycles. The van der Waals surface area contributed by atoms with Gasteiger partial charge in [0.1, 0.15) is 11.5 Å². The van der Waals surface area contributed by atoms with Gasteiger partial charge in [-0.15, -0.1) is 8.80 Å². The maximum Gasteiger partial charge on any atom is 0.367 e. The highest BCUT2D eigenvalue weighted by atomic mass is 32.2. The van der Waals surface area contributed by atoms with Gasteiger partial charge in [-0.1, -0.05) is 0 Å². The zero-order valence-corrected chi connectivity index (χ0v) is 17.1. The molecule has 1 aromatic heterocycles. The summed E-state index contributed by atoms with van der Waals surface area (Å²) in [5.74, 6) is 3.77. The molecule has 0 saturated heterocycles. The van der Waals surface area contributed by atoms with Crippen LogP contribution in [0.1, 0.15) is 24.4 Å². The second kappa shape index (κ2) is 10.3. The molecule has 0 unspecified atom stereocenters. The molecule has 0 bridgehead atoms. The minimum absolute atomic E-state index is 0.206. The van der Waals surface area contributed by atoms with Crippen LogP contribution in [0.15, 0.2) is 25.3 Å². The van der Waals surface area contributed by atoms with E-state index in [9.17, 15) is 8.42 Å². The molecule has 2 N–H and O–H groups in total. The Balaban J connectivity index is 1.71. The second-order valence-corrected chi connectivity index (χ2v) is 8.47. The van der Waals surface area contributed by atoms with E-state index in [1.807, 2.05) is 37.2 Å². The Morgan fingerprint density at radius 1 is 1.19 bits per heavy atom. The van der Waals surface area contributed by atoms with E-state index in [4.69, 9.17) is 9.68 Å². The summed E-state index contributed by atoms with van der Waals surface area (Å²) in [7, 11) is 0.161. The molecule has 0 atom stereocenters. The van der Waals surface area contributed by atoms with Gasteiger partial charge in [-0.2, -0.15) is 25.4 Å². The van der Waals surface area contributed by atoms with Crippen LogP contribution in [-0.2, 0) is 22.5 Å². The van der Waals surface area contributed by atoms with Crippen molar-refractivity contribution in [2.45, 2.75) is 25.1 Å². The topological polar surface area (TPSA) is 123 Å². The first-order valence-electron chi connectivity index (χ1n) is 8.49. The molecule has 2 rings (SSSR count). The van der Waals surface area contributed by atoms with Crippen molar-refractivity contribution in [3.63, 3.8) is 0 Å².